The molecular weight excluding hydrogens is 479 g/mol. The lowest BCUT2D eigenvalue weighted by Crippen LogP contribution is -2.46. The zero-order chi connectivity index (χ0) is 21.6. The molecule has 2 aliphatic rings. The maximum atomic E-state index is 10.8. The van der Waals surface area contributed by atoms with Crippen molar-refractivity contribution in [3.8, 4) is 5.75 Å². The minimum Gasteiger partial charge on any atom is -0.487 e. The van der Waals surface area contributed by atoms with Crippen LogP contribution in [0.4, 0.5) is 0 Å². The molecule has 2 aromatic rings. The van der Waals surface area contributed by atoms with Gasteiger partial charge in [-0.2, -0.15) is 0 Å². The van der Waals surface area contributed by atoms with Crippen LogP contribution in [0.1, 0.15) is 55.6 Å². The molecule has 0 spiro atoms. The number of nitrogens with zero attached hydrogens (tertiary/aromatic N) is 1. The molecule has 1 saturated carbocycles. The molecule has 3 unspecified atom stereocenters. The number of aliphatic hydroxyl groups excluding tert-OH is 1. The molecule has 4 atom stereocenters. The van der Waals surface area contributed by atoms with Crippen molar-refractivity contribution >= 4 is 36.4 Å². The molecule has 1 heterocycles. The van der Waals surface area contributed by atoms with E-state index in [1.807, 2.05) is 36.4 Å². The van der Waals surface area contributed by atoms with Crippen molar-refractivity contribution in [2.75, 3.05) is 19.6 Å². The molecule has 7 heteroatoms. The molecule has 184 valence electrons. The minimum atomic E-state index is -0.245. The molecule has 1 aliphatic carbocycles. The van der Waals surface area contributed by atoms with Crippen LogP contribution in [-0.2, 0) is 6.61 Å². The van der Waals surface area contributed by atoms with E-state index in [1.165, 1.54) is 12.0 Å². The third kappa shape index (κ3) is 7.74. The van der Waals surface area contributed by atoms with Crippen molar-refractivity contribution < 1.29 is 9.84 Å². The van der Waals surface area contributed by atoms with Gasteiger partial charge in [0.1, 0.15) is 12.4 Å². The summed E-state index contributed by atoms with van der Waals surface area (Å²) in [5, 5.41) is 11.5. The topological polar surface area (TPSA) is 58.7 Å². The van der Waals surface area contributed by atoms with E-state index in [1.54, 1.807) is 0 Å². The van der Waals surface area contributed by atoms with Gasteiger partial charge in [0, 0.05) is 25.0 Å². The number of rotatable bonds is 7. The Balaban J connectivity index is 0.00000193. The first-order valence-corrected chi connectivity index (χ1v) is 12.1. The van der Waals surface area contributed by atoms with Gasteiger partial charge in [-0.05, 0) is 61.4 Å². The van der Waals surface area contributed by atoms with Gasteiger partial charge in [-0.15, -0.1) is 24.8 Å². The van der Waals surface area contributed by atoms with Gasteiger partial charge < -0.3 is 20.5 Å². The lowest BCUT2D eigenvalue weighted by Gasteiger charge is -2.39. The van der Waals surface area contributed by atoms with Crippen LogP contribution in [-0.4, -0.2) is 41.8 Å². The number of halogens is 3. The molecule has 3 N–H and O–H groups in total. The standard InChI is InChI=1S/C26H35ClN2O2.2ClH/c27-24-15-20(12-13-26(24)31-18-19-7-2-1-3-8-19)23(22-10-4-5-11-25(22)30)17-29-14-6-9-21(28)16-29;;/h1-3,7-8,12-13,15,21-23,25,30H,4-6,9-11,14,16-18,28H2;2*1H/t21-,22?,23?,25?;;/m1../s1. The van der Waals surface area contributed by atoms with E-state index in [2.05, 4.69) is 17.0 Å². The van der Waals surface area contributed by atoms with Crippen molar-refractivity contribution in [3.63, 3.8) is 0 Å². The Morgan fingerprint density at radius 1 is 1.03 bits per heavy atom. The van der Waals surface area contributed by atoms with E-state index in [0.29, 0.717) is 17.4 Å². The number of benzene rings is 2. The zero-order valence-corrected chi connectivity index (χ0v) is 21.5. The number of aliphatic hydroxyl groups is 1. The second-order valence-electron chi connectivity index (χ2n) is 9.25. The normalized spacial score (nSPS) is 24.3. The summed E-state index contributed by atoms with van der Waals surface area (Å²) in [6.45, 7) is 3.44. The van der Waals surface area contributed by atoms with Gasteiger partial charge in [0.15, 0.2) is 0 Å². The summed E-state index contributed by atoms with van der Waals surface area (Å²) in [5.74, 6) is 1.22. The first kappa shape index (κ1) is 28.2. The summed E-state index contributed by atoms with van der Waals surface area (Å²) in [6.07, 6.45) is 6.27. The summed E-state index contributed by atoms with van der Waals surface area (Å²) in [6, 6.07) is 16.6. The molecule has 0 amide bonds. The largest absolute Gasteiger partial charge is 0.487 e. The quantitative estimate of drug-likeness (QED) is 0.488. The maximum Gasteiger partial charge on any atom is 0.138 e. The van der Waals surface area contributed by atoms with Crippen molar-refractivity contribution in [1.82, 2.24) is 4.90 Å². The number of ether oxygens (including phenoxy) is 1. The number of hydrogen-bond donors (Lipinski definition) is 2. The monoisotopic (exact) mass is 514 g/mol. The van der Waals surface area contributed by atoms with E-state index in [9.17, 15) is 5.11 Å². The summed E-state index contributed by atoms with van der Waals surface area (Å²) in [4.78, 5) is 2.48. The van der Waals surface area contributed by atoms with Crippen LogP contribution in [0.15, 0.2) is 48.5 Å². The summed E-state index contributed by atoms with van der Waals surface area (Å²) in [5.41, 5.74) is 8.56. The molecule has 2 aromatic carbocycles. The van der Waals surface area contributed by atoms with Crippen LogP contribution >= 0.6 is 36.4 Å². The lowest BCUT2D eigenvalue weighted by molar-refractivity contribution is 0.0433. The van der Waals surface area contributed by atoms with Crippen LogP contribution < -0.4 is 10.5 Å². The van der Waals surface area contributed by atoms with E-state index in [0.717, 1.165) is 57.3 Å². The van der Waals surface area contributed by atoms with Crippen molar-refractivity contribution in [3.05, 3.63) is 64.7 Å². The first-order valence-electron chi connectivity index (χ1n) is 11.7. The fraction of sp³-hybridized carbons (Fsp3) is 0.538. The lowest BCUT2D eigenvalue weighted by atomic mass is 9.74. The van der Waals surface area contributed by atoms with Gasteiger partial charge in [0.05, 0.1) is 11.1 Å². The smallest absolute Gasteiger partial charge is 0.138 e. The highest BCUT2D eigenvalue weighted by Gasteiger charge is 2.34. The molecule has 33 heavy (non-hydrogen) atoms. The SMILES string of the molecule is Cl.Cl.N[C@@H]1CCCN(CC(c2ccc(OCc3ccccc3)c(Cl)c2)C2CCCCC2O)C1. The third-order valence-electron chi connectivity index (χ3n) is 6.92. The summed E-state index contributed by atoms with van der Waals surface area (Å²) in [7, 11) is 0. The third-order valence-corrected chi connectivity index (χ3v) is 7.21. The van der Waals surface area contributed by atoms with E-state index in [-0.39, 0.29) is 48.8 Å². The zero-order valence-electron chi connectivity index (χ0n) is 19.1. The second kappa shape index (κ2) is 13.8. The minimum absolute atomic E-state index is 0. The highest BCUT2D eigenvalue weighted by molar-refractivity contribution is 6.32. The Bertz CT molecular complexity index is 840. The molecule has 0 radical (unpaired) electrons. The number of piperidine rings is 1. The van der Waals surface area contributed by atoms with Crippen molar-refractivity contribution in [2.24, 2.45) is 11.7 Å². The average Bonchev–Trinajstić information content (AvgIpc) is 2.78. The van der Waals surface area contributed by atoms with Gasteiger partial charge in [0.2, 0.25) is 0 Å². The average molecular weight is 516 g/mol. The Morgan fingerprint density at radius 2 is 1.79 bits per heavy atom. The van der Waals surface area contributed by atoms with Crippen LogP contribution in [0.3, 0.4) is 0 Å². The van der Waals surface area contributed by atoms with Crippen molar-refractivity contribution in [1.29, 1.82) is 0 Å². The van der Waals surface area contributed by atoms with Crippen LogP contribution in [0, 0.1) is 5.92 Å². The van der Waals surface area contributed by atoms with Gasteiger partial charge in [-0.25, -0.2) is 0 Å². The Hall–Kier alpha value is -1.01. The Morgan fingerprint density at radius 3 is 2.48 bits per heavy atom. The Kier molecular flexibility index (Phi) is 11.8. The van der Waals surface area contributed by atoms with E-state index in [4.69, 9.17) is 22.1 Å². The summed E-state index contributed by atoms with van der Waals surface area (Å²) < 4.78 is 5.98. The predicted octanol–water partition coefficient (Wildman–Crippen LogP) is 5.82. The number of hydrogen-bond acceptors (Lipinski definition) is 4. The van der Waals surface area contributed by atoms with Crippen molar-refractivity contribution in [2.45, 2.75) is 63.2 Å². The first-order chi connectivity index (χ1) is 15.1. The number of likely N-dealkylation sites (tertiary alicyclic amines) is 1. The van der Waals surface area contributed by atoms with Crippen LogP contribution in [0.5, 0.6) is 5.75 Å². The van der Waals surface area contributed by atoms with Gasteiger partial charge >= 0.3 is 0 Å². The van der Waals surface area contributed by atoms with Gasteiger partial charge in [0.25, 0.3) is 0 Å². The highest BCUT2D eigenvalue weighted by atomic mass is 35.5. The van der Waals surface area contributed by atoms with Gasteiger partial charge in [-0.1, -0.05) is 60.8 Å². The molecule has 1 aliphatic heterocycles. The Labute approximate surface area is 215 Å². The van der Waals surface area contributed by atoms with Gasteiger partial charge in [-0.3, -0.25) is 0 Å². The maximum absolute atomic E-state index is 10.8. The molecule has 4 rings (SSSR count). The summed E-state index contributed by atoms with van der Waals surface area (Å²) >= 11 is 6.66. The van der Waals surface area contributed by atoms with E-state index < -0.39 is 0 Å². The fourth-order valence-electron chi connectivity index (χ4n) is 5.23. The van der Waals surface area contributed by atoms with E-state index >= 15 is 0 Å². The van der Waals surface area contributed by atoms with Crippen LogP contribution in [0.25, 0.3) is 0 Å². The highest BCUT2D eigenvalue weighted by Crippen LogP contribution is 2.39. The molecule has 1 saturated heterocycles. The molecule has 2 fully saturated rings. The van der Waals surface area contributed by atoms with Crippen LogP contribution in [0.2, 0.25) is 5.02 Å². The predicted molar refractivity (Wildman–Crippen MR) is 141 cm³/mol. The second-order valence-corrected chi connectivity index (χ2v) is 9.66. The molecule has 4 nitrogen and oxygen atoms in total. The molecule has 0 aromatic heterocycles. The molecular formula is C26H37Cl3N2O2. The number of nitrogens with two attached hydrogens (primary N) is 1. The fourth-order valence-corrected chi connectivity index (χ4v) is 5.48. The molecule has 0 bridgehead atoms.